The third kappa shape index (κ3) is 5.19. The van der Waals surface area contributed by atoms with Crippen molar-refractivity contribution in [1.29, 1.82) is 0 Å². The third-order valence-electron chi connectivity index (χ3n) is 4.55. The Bertz CT molecular complexity index is 1040. The van der Waals surface area contributed by atoms with Gasteiger partial charge in [-0.3, -0.25) is 9.69 Å². The monoisotopic (exact) mass is 554 g/mol. The molecule has 1 aliphatic heterocycles. The number of rotatable bonds is 7. The van der Waals surface area contributed by atoms with E-state index in [2.05, 4.69) is 41.9 Å². The Hall–Kier alpha value is -2.59. The van der Waals surface area contributed by atoms with E-state index in [4.69, 9.17) is 9.15 Å². The second-order valence-electron chi connectivity index (χ2n) is 6.79. The summed E-state index contributed by atoms with van der Waals surface area (Å²) in [5, 5.41) is 2.56. The third-order valence-corrected chi connectivity index (χ3v) is 5.73. The highest BCUT2D eigenvalue weighted by atomic mass is 79.9. The fourth-order valence-electron chi connectivity index (χ4n) is 2.77. The summed E-state index contributed by atoms with van der Waals surface area (Å²) in [5.74, 6) is -0.204. The molecule has 164 valence electrons. The molecule has 8 nitrogen and oxygen atoms in total. The minimum Gasteiger partial charge on any atom is -0.488 e. The fraction of sp³-hybridized carbons (Fsp3) is 0.286. The van der Waals surface area contributed by atoms with Gasteiger partial charge in [-0.05, 0) is 81.1 Å². The van der Waals surface area contributed by atoms with E-state index in [-0.39, 0.29) is 29.9 Å². The van der Waals surface area contributed by atoms with Crippen LogP contribution in [0.3, 0.4) is 0 Å². The van der Waals surface area contributed by atoms with Gasteiger partial charge in [0.15, 0.2) is 0 Å². The predicted octanol–water partition coefficient (Wildman–Crippen LogP) is 4.86. The Labute approximate surface area is 195 Å². The van der Waals surface area contributed by atoms with Gasteiger partial charge in [0.2, 0.25) is 5.76 Å². The molecule has 0 unspecified atom stereocenters. The van der Waals surface area contributed by atoms with Crippen LogP contribution in [0.1, 0.15) is 42.1 Å². The Morgan fingerprint density at radius 1 is 1.26 bits per heavy atom. The molecule has 2 aromatic rings. The van der Waals surface area contributed by atoms with Gasteiger partial charge in [-0.25, -0.2) is 9.59 Å². The average molecular weight is 556 g/mol. The SMILES string of the molecule is CC[C@@H](C)Oc1c(Br)cc(/C=C2\NC(=O)N(Cc3ccc(C(=O)OC)o3)C2=O)cc1Br. The molecule has 1 aromatic heterocycles. The van der Waals surface area contributed by atoms with E-state index >= 15 is 0 Å². The fourth-order valence-corrected chi connectivity index (χ4v) is 4.18. The van der Waals surface area contributed by atoms with Crippen LogP contribution < -0.4 is 10.1 Å². The van der Waals surface area contributed by atoms with Crippen LogP contribution in [0, 0.1) is 0 Å². The molecule has 1 saturated heterocycles. The Morgan fingerprint density at radius 3 is 2.55 bits per heavy atom. The maximum absolute atomic E-state index is 12.7. The van der Waals surface area contributed by atoms with Gasteiger partial charge in [0.1, 0.15) is 17.2 Å². The van der Waals surface area contributed by atoms with E-state index in [1.807, 2.05) is 13.8 Å². The second-order valence-corrected chi connectivity index (χ2v) is 8.50. The zero-order chi connectivity index (χ0) is 22.7. The van der Waals surface area contributed by atoms with Crippen molar-refractivity contribution in [2.45, 2.75) is 32.9 Å². The van der Waals surface area contributed by atoms with Crippen LogP contribution in [0.5, 0.6) is 5.75 Å². The molecule has 0 bridgehead atoms. The number of esters is 1. The number of hydrogen-bond acceptors (Lipinski definition) is 6. The summed E-state index contributed by atoms with van der Waals surface area (Å²) in [6.45, 7) is 3.89. The number of methoxy groups -OCH3 is 1. The number of ether oxygens (including phenoxy) is 2. The van der Waals surface area contributed by atoms with Crippen molar-refractivity contribution >= 4 is 55.8 Å². The highest BCUT2D eigenvalue weighted by molar-refractivity contribution is 9.11. The maximum atomic E-state index is 12.7. The Kier molecular flexibility index (Phi) is 7.22. The molecule has 0 radical (unpaired) electrons. The average Bonchev–Trinajstić information content (AvgIpc) is 3.30. The van der Waals surface area contributed by atoms with Gasteiger partial charge in [-0.15, -0.1) is 0 Å². The number of nitrogens with zero attached hydrogens (tertiary/aromatic N) is 1. The molecule has 1 atom stereocenters. The minimum atomic E-state index is -0.638. The summed E-state index contributed by atoms with van der Waals surface area (Å²) in [7, 11) is 1.23. The number of benzene rings is 1. The van der Waals surface area contributed by atoms with Gasteiger partial charge < -0.3 is 19.2 Å². The van der Waals surface area contributed by atoms with Crippen LogP contribution in [0.4, 0.5) is 4.79 Å². The summed E-state index contributed by atoms with van der Waals surface area (Å²) in [4.78, 5) is 37.5. The Morgan fingerprint density at radius 2 is 1.94 bits per heavy atom. The zero-order valence-electron chi connectivity index (χ0n) is 17.0. The standard InChI is InChI=1S/C21H20Br2N2O6/c1-4-11(2)30-18-14(22)7-12(8-15(18)23)9-16-19(26)25(21(28)24-16)10-13-5-6-17(31-13)20(27)29-3/h5-9,11H,4,10H2,1-3H3,(H,24,28)/b16-9-/t11-/m1/s1. The van der Waals surface area contributed by atoms with E-state index < -0.39 is 17.9 Å². The second kappa shape index (κ2) is 9.69. The summed E-state index contributed by atoms with van der Waals surface area (Å²) in [5.41, 5.74) is 0.811. The molecule has 0 spiro atoms. The van der Waals surface area contributed by atoms with Crippen molar-refractivity contribution in [2.75, 3.05) is 7.11 Å². The van der Waals surface area contributed by atoms with Gasteiger partial charge in [-0.1, -0.05) is 6.92 Å². The van der Waals surface area contributed by atoms with E-state index in [1.165, 1.54) is 19.2 Å². The van der Waals surface area contributed by atoms with Crippen LogP contribution in [-0.2, 0) is 16.1 Å². The molecular formula is C21H20Br2N2O6. The van der Waals surface area contributed by atoms with Crippen LogP contribution in [0.25, 0.3) is 6.08 Å². The van der Waals surface area contributed by atoms with Crippen molar-refractivity contribution < 1.29 is 28.3 Å². The first-order chi connectivity index (χ1) is 14.7. The summed E-state index contributed by atoms with van der Waals surface area (Å²) in [6, 6.07) is 5.95. The van der Waals surface area contributed by atoms with Crippen LogP contribution in [0.2, 0.25) is 0 Å². The predicted molar refractivity (Wildman–Crippen MR) is 119 cm³/mol. The largest absolute Gasteiger partial charge is 0.488 e. The Balaban J connectivity index is 1.78. The molecular weight excluding hydrogens is 536 g/mol. The molecule has 2 heterocycles. The highest BCUT2D eigenvalue weighted by Gasteiger charge is 2.34. The summed E-state index contributed by atoms with van der Waals surface area (Å²) >= 11 is 6.98. The number of amides is 3. The number of carbonyl (C=O) groups is 3. The number of carbonyl (C=O) groups excluding carboxylic acids is 3. The smallest absolute Gasteiger partial charge is 0.373 e. The molecule has 0 aliphatic carbocycles. The lowest BCUT2D eigenvalue weighted by atomic mass is 10.1. The van der Waals surface area contributed by atoms with Crippen molar-refractivity contribution in [3.8, 4) is 5.75 Å². The van der Waals surface area contributed by atoms with Crippen LogP contribution in [0.15, 0.2) is 43.3 Å². The van der Waals surface area contributed by atoms with Crippen molar-refractivity contribution in [2.24, 2.45) is 0 Å². The number of nitrogens with one attached hydrogen (secondary N) is 1. The van der Waals surface area contributed by atoms with Crippen molar-refractivity contribution in [3.05, 3.63) is 56.0 Å². The molecule has 0 saturated carbocycles. The van der Waals surface area contributed by atoms with E-state index in [0.29, 0.717) is 20.3 Å². The van der Waals surface area contributed by atoms with Gasteiger partial charge in [0.25, 0.3) is 5.91 Å². The number of halogens is 2. The van der Waals surface area contributed by atoms with Gasteiger partial charge in [0.05, 0.1) is 28.7 Å². The summed E-state index contributed by atoms with van der Waals surface area (Å²) in [6.07, 6.45) is 2.48. The van der Waals surface area contributed by atoms with Gasteiger partial charge in [0, 0.05) is 0 Å². The van der Waals surface area contributed by atoms with Gasteiger partial charge >= 0.3 is 12.0 Å². The first kappa shape index (κ1) is 23.1. The van der Waals surface area contributed by atoms with E-state index in [0.717, 1.165) is 11.3 Å². The number of imide groups is 1. The van der Waals surface area contributed by atoms with Crippen molar-refractivity contribution in [3.63, 3.8) is 0 Å². The molecule has 1 N–H and O–H groups in total. The van der Waals surface area contributed by atoms with Crippen LogP contribution >= 0.6 is 31.9 Å². The van der Waals surface area contributed by atoms with Gasteiger partial charge in [-0.2, -0.15) is 0 Å². The topological polar surface area (TPSA) is 98.1 Å². The number of furan rings is 1. The zero-order valence-corrected chi connectivity index (χ0v) is 20.2. The molecule has 1 aliphatic rings. The molecule has 3 amide bonds. The summed E-state index contributed by atoms with van der Waals surface area (Å²) < 4.78 is 17.3. The number of urea groups is 1. The molecule has 1 aromatic carbocycles. The highest BCUT2D eigenvalue weighted by Crippen LogP contribution is 2.36. The normalized spacial score (nSPS) is 15.9. The minimum absolute atomic E-state index is 0.00489. The van der Waals surface area contributed by atoms with Crippen molar-refractivity contribution in [1.82, 2.24) is 10.2 Å². The molecule has 3 rings (SSSR count). The maximum Gasteiger partial charge on any atom is 0.373 e. The molecule has 31 heavy (non-hydrogen) atoms. The van der Waals surface area contributed by atoms with E-state index in [1.54, 1.807) is 18.2 Å². The number of hydrogen-bond donors (Lipinski definition) is 1. The molecule has 10 heteroatoms. The quantitative estimate of drug-likeness (QED) is 0.297. The van der Waals surface area contributed by atoms with Crippen LogP contribution in [-0.4, -0.2) is 36.0 Å². The lowest BCUT2D eigenvalue weighted by molar-refractivity contribution is -0.123. The van der Waals surface area contributed by atoms with E-state index in [9.17, 15) is 14.4 Å². The lowest BCUT2D eigenvalue weighted by Gasteiger charge is -2.16. The lowest BCUT2D eigenvalue weighted by Crippen LogP contribution is -2.30. The first-order valence-electron chi connectivity index (χ1n) is 9.40. The first-order valence-corrected chi connectivity index (χ1v) is 11.0. The molecule has 1 fully saturated rings.